The molecule has 0 fully saturated rings. The zero-order valence-corrected chi connectivity index (χ0v) is 9.71. The molecular weight excluding hydrogens is 243 g/mol. The molecule has 17 heavy (non-hydrogen) atoms. The summed E-state index contributed by atoms with van der Waals surface area (Å²) in [7, 11) is 0. The van der Waals surface area contributed by atoms with Crippen molar-refractivity contribution in [1.29, 1.82) is 0 Å². The van der Waals surface area contributed by atoms with E-state index < -0.39 is 11.8 Å². The van der Waals surface area contributed by atoms with Gasteiger partial charge in [0.15, 0.2) is 0 Å². The molecule has 0 saturated carbocycles. The smallest absolute Gasteiger partial charge is 0.305 e. The van der Waals surface area contributed by atoms with Gasteiger partial charge in [-0.1, -0.05) is 23.5 Å². The Morgan fingerprint density at radius 3 is 2.71 bits per heavy atom. The molecule has 2 N–H and O–H groups in total. The van der Waals surface area contributed by atoms with Gasteiger partial charge >= 0.3 is 6.03 Å². The van der Waals surface area contributed by atoms with Crippen molar-refractivity contribution in [3.8, 4) is 0 Å². The maximum Gasteiger partial charge on any atom is 0.325 e. The van der Waals surface area contributed by atoms with Crippen molar-refractivity contribution in [2.75, 3.05) is 10.6 Å². The van der Waals surface area contributed by atoms with E-state index in [1.165, 1.54) is 23.5 Å². The number of hydrogen-bond acceptors (Lipinski definition) is 4. The highest BCUT2D eigenvalue weighted by atomic mass is 32.1. The minimum Gasteiger partial charge on any atom is -0.305 e. The summed E-state index contributed by atoms with van der Waals surface area (Å²) in [6, 6.07) is 5.37. The van der Waals surface area contributed by atoms with Gasteiger partial charge in [0.25, 0.3) is 0 Å². The van der Waals surface area contributed by atoms with Gasteiger partial charge in [0, 0.05) is 0 Å². The summed E-state index contributed by atoms with van der Waals surface area (Å²) in [5.74, 6) is -0.490. The Hall–Kier alpha value is -2.02. The number of carbonyl (C=O) groups excluding carboxylic acids is 1. The maximum absolute atomic E-state index is 13.2. The lowest BCUT2D eigenvalue weighted by Crippen LogP contribution is -2.19. The summed E-state index contributed by atoms with van der Waals surface area (Å²) in [5, 5.41) is 13.4. The van der Waals surface area contributed by atoms with Crippen LogP contribution in [0, 0.1) is 12.7 Å². The predicted octanol–water partition coefficient (Wildman–Crippen LogP) is 2.63. The number of benzene rings is 1. The average molecular weight is 252 g/mol. The van der Waals surface area contributed by atoms with Crippen LogP contribution >= 0.6 is 11.3 Å². The fourth-order valence-corrected chi connectivity index (χ4v) is 1.75. The van der Waals surface area contributed by atoms with Crippen molar-refractivity contribution in [1.82, 2.24) is 10.2 Å². The number of aryl methyl sites for hydroxylation is 1. The van der Waals surface area contributed by atoms with E-state index >= 15 is 0 Å². The Morgan fingerprint density at radius 1 is 1.29 bits per heavy atom. The molecule has 7 heteroatoms. The number of carbonyl (C=O) groups is 1. The number of nitrogens with one attached hydrogen (secondary N) is 2. The Bertz CT molecular complexity index is 543. The van der Waals surface area contributed by atoms with E-state index in [1.54, 1.807) is 19.1 Å². The van der Waals surface area contributed by atoms with Crippen LogP contribution in [0.5, 0.6) is 0 Å². The molecule has 1 heterocycles. The molecule has 0 bridgehead atoms. The quantitative estimate of drug-likeness (QED) is 0.863. The summed E-state index contributed by atoms with van der Waals surface area (Å²) in [6.07, 6.45) is 0. The number of anilines is 2. The van der Waals surface area contributed by atoms with Gasteiger partial charge in [0.1, 0.15) is 10.8 Å². The Kier molecular flexibility index (Phi) is 3.29. The van der Waals surface area contributed by atoms with E-state index in [4.69, 9.17) is 0 Å². The van der Waals surface area contributed by atoms with Crippen LogP contribution in [0.2, 0.25) is 0 Å². The lowest BCUT2D eigenvalue weighted by Gasteiger charge is -2.05. The molecular formula is C10H9FN4OS. The topological polar surface area (TPSA) is 66.9 Å². The van der Waals surface area contributed by atoms with Gasteiger partial charge in [0.05, 0.1) is 5.69 Å². The number of aromatic nitrogens is 2. The monoisotopic (exact) mass is 252 g/mol. The first kappa shape index (κ1) is 11.5. The second-order valence-corrected chi connectivity index (χ2v) is 4.37. The Balaban J connectivity index is 2.01. The fraction of sp³-hybridized carbons (Fsp3) is 0.100. The van der Waals surface area contributed by atoms with Crippen LogP contribution in [0.25, 0.3) is 0 Å². The fourth-order valence-electron chi connectivity index (χ4n) is 1.16. The van der Waals surface area contributed by atoms with Crippen LogP contribution in [0.4, 0.5) is 20.0 Å². The molecule has 1 aromatic heterocycles. The lowest BCUT2D eigenvalue weighted by atomic mass is 10.3. The summed E-state index contributed by atoms with van der Waals surface area (Å²) in [6.45, 7) is 1.78. The summed E-state index contributed by atoms with van der Waals surface area (Å²) >= 11 is 1.24. The van der Waals surface area contributed by atoms with Crippen LogP contribution in [0.15, 0.2) is 24.3 Å². The molecule has 1 aromatic carbocycles. The van der Waals surface area contributed by atoms with E-state index in [-0.39, 0.29) is 5.69 Å². The highest BCUT2D eigenvalue weighted by Crippen LogP contribution is 2.15. The molecule has 0 aliphatic carbocycles. The van der Waals surface area contributed by atoms with Crippen molar-refractivity contribution < 1.29 is 9.18 Å². The van der Waals surface area contributed by atoms with Crippen LogP contribution in [0.3, 0.4) is 0 Å². The molecule has 0 radical (unpaired) electrons. The zero-order chi connectivity index (χ0) is 12.3. The number of para-hydroxylation sites is 1. The number of amides is 2. The third kappa shape index (κ3) is 2.97. The van der Waals surface area contributed by atoms with Gasteiger partial charge in [-0.25, -0.2) is 9.18 Å². The average Bonchev–Trinajstić information content (AvgIpc) is 2.67. The molecule has 2 aromatic rings. The number of nitrogens with zero attached hydrogens (tertiary/aromatic N) is 2. The van der Waals surface area contributed by atoms with Crippen LogP contribution in [-0.2, 0) is 0 Å². The first-order chi connectivity index (χ1) is 8.15. The summed E-state index contributed by atoms with van der Waals surface area (Å²) < 4.78 is 13.2. The lowest BCUT2D eigenvalue weighted by molar-refractivity contribution is 0.262. The molecule has 2 amide bonds. The summed E-state index contributed by atoms with van der Waals surface area (Å²) in [4.78, 5) is 11.5. The van der Waals surface area contributed by atoms with Gasteiger partial charge in [-0.15, -0.1) is 10.2 Å². The van der Waals surface area contributed by atoms with Crippen molar-refractivity contribution >= 4 is 28.2 Å². The molecule has 0 aliphatic heterocycles. The number of urea groups is 1. The second kappa shape index (κ2) is 4.88. The van der Waals surface area contributed by atoms with Crippen LogP contribution in [-0.4, -0.2) is 16.2 Å². The standard InChI is InChI=1S/C10H9FN4OS/c1-6-14-15-10(17-6)13-9(16)12-8-5-3-2-4-7(8)11/h2-5H,1H3,(H2,12,13,15,16). The molecule has 0 unspecified atom stereocenters. The van der Waals surface area contributed by atoms with Gasteiger partial charge in [0.2, 0.25) is 5.13 Å². The largest absolute Gasteiger partial charge is 0.325 e. The van der Waals surface area contributed by atoms with E-state index in [0.717, 1.165) is 5.01 Å². The Labute approximate surface area is 101 Å². The van der Waals surface area contributed by atoms with Gasteiger partial charge in [-0.2, -0.15) is 0 Å². The highest BCUT2D eigenvalue weighted by Gasteiger charge is 2.08. The van der Waals surface area contributed by atoms with Crippen molar-refractivity contribution in [3.05, 3.63) is 35.1 Å². The SMILES string of the molecule is Cc1nnc(NC(=O)Nc2ccccc2F)s1. The summed E-state index contributed by atoms with van der Waals surface area (Å²) in [5.41, 5.74) is 0.117. The molecule has 0 spiro atoms. The first-order valence-electron chi connectivity index (χ1n) is 4.78. The maximum atomic E-state index is 13.2. The minimum atomic E-state index is -0.550. The normalized spacial score (nSPS) is 10.0. The third-order valence-electron chi connectivity index (χ3n) is 1.87. The van der Waals surface area contributed by atoms with Gasteiger partial charge in [-0.3, -0.25) is 5.32 Å². The molecule has 88 valence electrons. The second-order valence-electron chi connectivity index (χ2n) is 3.19. The first-order valence-corrected chi connectivity index (χ1v) is 5.59. The Morgan fingerprint density at radius 2 is 2.06 bits per heavy atom. The van der Waals surface area contributed by atoms with Crippen molar-refractivity contribution in [2.45, 2.75) is 6.92 Å². The van der Waals surface area contributed by atoms with Crippen molar-refractivity contribution in [3.63, 3.8) is 0 Å². The van der Waals surface area contributed by atoms with E-state index in [1.807, 2.05) is 0 Å². The van der Waals surface area contributed by atoms with Crippen LogP contribution in [0.1, 0.15) is 5.01 Å². The van der Waals surface area contributed by atoms with Gasteiger partial charge < -0.3 is 5.32 Å². The third-order valence-corrected chi connectivity index (χ3v) is 2.62. The highest BCUT2D eigenvalue weighted by molar-refractivity contribution is 7.15. The van der Waals surface area contributed by atoms with Crippen molar-refractivity contribution in [2.24, 2.45) is 0 Å². The molecule has 5 nitrogen and oxygen atoms in total. The number of rotatable bonds is 2. The van der Waals surface area contributed by atoms with Gasteiger partial charge in [-0.05, 0) is 19.1 Å². The zero-order valence-electron chi connectivity index (χ0n) is 8.90. The number of hydrogen-bond donors (Lipinski definition) is 2. The van der Waals surface area contributed by atoms with E-state index in [0.29, 0.717) is 5.13 Å². The van der Waals surface area contributed by atoms with E-state index in [2.05, 4.69) is 20.8 Å². The molecule has 0 atom stereocenters. The molecule has 0 saturated heterocycles. The van der Waals surface area contributed by atoms with Crippen LogP contribution < -0.4 is 10.6 Å². The molecule has 0 aliphatic rings. The molecule has 2 rings (SSSR count). The minimum absolute atomic E-state index is 0.117. The number of halogens is 1. The predicted molar refractivity (Wildman–Crippen MR) is 63.7 cm³/mol. The van der Waals surface area contributed by atoms with E-state index in [9.17, 15) is 9.18 Å².